The van der Waals surface area contributed by atoms with Gasteiger partial charge < -0.3 is 5.32 Å². The Morgan fingerprint density at radius 3 is 2.76 bits per heavy atom. The zero-order chi connectivity index (χ0) is 23.9. The average molecular weight is 478 g/mol. The van der Waals surface area contributed by atoms with E-state index in [4.69, 9.17) is 0 Å². The Balaban J connectivity index is 1.59. The quantitative estimate of drug-likeness (QED) is 0.401. The summed E-state index contributed by atoms with van der Waals surface area (Å²) in [6.07, 6.45) is 1.60. The molecule has 0 aliphatic carbocycles. The number of aromatic nitrogens is 3. The molecule has 1 amide bonds. The first-order chi connectivity index (χ1) is 16.3. The molecule has 3 N–H and O–H groups in total. The summed E-state index contributed by atoms with van der Waals surface area (Å²) in [5.74, 6) is -0.0129. The third-order valence-electron chi connectivity index (χ3n) is 5.73. The van der Waals surface area contributed by atoms with Crippen LogP contribution >= 0.6 is 10.6 Å². The van der Waals surface area contributed by atoms with E-state index in [1.807, 2.05) is 6.07 Å². The molecule has 3 heterocycles. The van der Waals surface area contributed by atoms with Gasteiger partial charge in [0.1, 0.15) is 11.5 Å². The van der Waals surface area contributed by atoms with Crippen LogP contribution in [0.4, 0.5) is 4.39 Å². The van der Waals surface area contributed by atoms with Crippen molar-refractivity contribution in [1.82, 2.24) is 20.1 Å². The van der Waals surface area contributed by atoms with Crippen LogP contribution in [0.25, 0.3) is 28.0 Å². The summed E-state index contributed by atoms with van der Waals surface area (Å²) >= 11 is 0. The summed E-state index contributed by atoms with van der Waals surface area (Å²) in [4.78, 5) is 17.0. The molecule has 0 saturated carbocycles. The van der Waals surface area contributed by atoms with Crippen LogP contribution in [-0.2, 0) is 0 Å². The summed E-state index contributed by atoms with van der Waals surface area (Å²) in [6.45, 7) is 0. The van der Waals surface area contributed by atoms with Gasteiger partial charge in [-0.05, 0) is 48.9 Å². The summed E-state index contributed by atoms with van der Waals surface area (Å²) in [7, 11) is -2.63. The number of halogens is 1. The first kappa shape index (κ1) is 22.0. The molecule has 1 fully saturated rings. The zero-order valence-corrected chi connectivity index (χ0v) is 18.7. The minimum Gasteiger partial charge on any atom is -0.348 e. The number of pyridine rings is 1. The van der Waals surface area contributed by atoms with E-state index < -0.39 is 16.4 Å². The third kappa shape index (κ3) is 4.24. The van der Waals surface area contributed by atoms with Crippen LogP contribution in [-0.4, -0.2) is 47.3 Å². The van der Waals surface area contributed by atoms with Gasteiger partial charge in [0.15, 0.2) is 5.82 Å². The molecule has 4 aromatic rings. The Hall–Kier alpha value is -3.78. The van der Waals surface area contributed by atoms with Gasteiger partial charge in [0, 0.05) is 28.3 Å². The van der Waals surface area contributed by atoms with Gasteiger partial charge in [-0.15, -0.1) is 0 Å². The number of nitrogens with zero attached hydrogens (tertiary/aromatic N) is 4. The Morgan fingerprint density at radius 1 is 1.21 bits per heavy atom. The highest BCUT2D eigenvalue weighted by Gasteiger charge is 2.29. The average Bonchev–Trinajstić information content (AvgIpc) is 3.38. The number of hydrogen-bond acceptors (Lipinski definition) is 6. The molecule has 2 aromatic heterocycles. The number of nitriles is 1. The van der Waals surface area contributed by atoms with Crippen molar-refractivity contribution < 1.29 is 18.3 Å². The van der Waals surface area contributed by atoms with E-state index in [9.17, 15) is 23.6 Å². The van der Waals surface area contributed by atoms with E-state index in [1.165, 1.54) is 16.8 Å². The lowest BCUT2D eigenvalue weighted by Crippen LogP contribution is -2.35. The van der Waals surface area contributed by atoms with Gasteiger partial charge >= 0.3 is 0 Å². The predicted molar refractivity (Wildman–Crippen MR) is 127 cm³/mol. The number of carbonyl (C=O) groups excluding carboxylic acids is 1. The molecule has 8 nitrogen and oxygen atoms in total. The van der Waals surface area contributed by atoms with Gasteiger partial charge in [-0.1, -0.05) is 12.1 Å². The molecule has 2 aromatic carbocycles. The van der Waals surface area contributed by atoms with Gasteiger partial charge in [0.05, 0.1) is 29.1 Å². The molecule has 1 aliphatic rings. The number of carbonyl (C=O) groups is 1. The normalized spacial score (nSPS) is 17.9. The predicted octanol–water partition coefficient (Wildman–Crippen LogP) is 4.35. The molecule has 0 spiro atoms. The SMILES string of the molecule is N#Cc1cccc(-c2nn(-c3ccc(F)cn3)c3cc(C(=O)NC4CCS(O)(O)C4)ccc23)c1. The van der Waals surface area contributed by atoms with E-state index in [0.29, 0.717) is 34.6 Å². The van der Waals surface area contributed by atoms with Crippen molar-refractivity contribution >= 4 is 27.4 Å². The molecule has 34 heavy (non-hydrogen) atoms. The van der Waals surface area contributed by atoms with Crippen LogP contribution in [0, 0.1) is 17.1 Å². The minimum atomic E-state index is -2.63. The molecule has 0 radical (unpaired) electrons. The molecule has 1 saturated heterocycles. The van der Waals surface area contributed by atoms with Crippen LogP contribution in [0.2, 0.25) is 0 Å². The Kier molecular flexibility index (Phi) is 5.53. The van der Waals surface area contributed by atoms with Gasteiger partial charge in [-0.2, -0.15) is 21.0 Å². The van der Waals surface area contributed by atoms with Crippen LogP contribution in [0.15, 0.2) is 60.8 Å². The lowest BCUT2D eigenvalue weighted by molar-refractivity contribution is 0.0941. The third-order valence-corrected chi connectivity index (χ3v) is 7.56. The number of fused-ring (bicyclic) bond motifs is 1. The number of amides is 1. The molecule has 0 bridgehead atoms. The molecular weight excluding hydrogens is 457 g/mol. The van der Waals surface area contributed by atoms with Crippen molar-refractivity contribution in [2.45, 2.75) is 12.5 Å². The molecule has 10 heteroatoms. The molecule has 1 atom stereocenters. The molecule has 1 aliphatic heterocycles. The molecule has 1 unspecified atom stereocenters. The van der Waals surface area contributed by atoms with Gasteiger partial charge in [-0.25, -0.2) is 14.1 Å². The fourth-order valence-corrected chi connectivity index (χ4v) is 5.80. The van der Waals surface area contributed by atoms with Crippen LogP contribution in [0.5, 0.6) is 0 Å². The highest BCUT2D eigenvalue weighted by atomic mass is 32.3. The second-order valence-electron chi connectivity index (χ2n) is 8.15. The smallest absolute Gasteiger partial charge is 0.251 e. The second-order valence-corrected chi connectivity index (χ2v) is 10.5. The van der Waals surface area contributed by atoms with E-state index >= 15 is 0 Å². The van der Waals surface area contributed by atoms with Gasteiger partial charge in [-0.3, -0.25) is 13.9 Å². The summed E-state index contributed by atoms with van der Waals surface area (Å²) in [5, 5.41) is 17.6. The van der Waals surface area contributed by atoms with Crippen molar-refractivity contribution in [2.24, 2.45) is 0 Å². The summed E-state index contributed by atoms with van der Waals surface area (Å²) in [6, 6.07) is 16.7. The van der Waals surface area contributed by atoms with Crippen molar-refractivity contribution in [3.05, 3.63) is 77.7 Å². The van der Waals surface area contributed by atoms with Crippen molar-refractivity contribution in [3.8, 4) is 23.1 Å². The van der Waals surface area contributed by atoms with E-state index in [-0.39, 0.29) is 23.5 Å². The van der Waals surface area contributed by atoms with Crippen LogP contribution in [0.1, 0.15) is 22.3 Å². The van der Waals surface area contributed by atoms with Crippen LogP contribution in [0.3, 0.4) is 0 Å². The number of nitrogens with one attached hydrogen (secondary N) is 1. The van der Waals surface area contributed by atoms with Crippen molar-refractivity contribution in [1.29, 1.82) is 5.26 Å². The van der Waals surface area contributed by atoms with E-state index in [2.05, 4.69) is 21.5 Å². The lowest BCUT2D eigenvalue weighted by Gasteiger charge is -2.26. The largest absolute Gasteiger partial charge is 0.348 e. The topological polar surface area (TPSA) is 124 Å². The van der Waals surface area contributed by atoms with E-state index in [1.54, 1.807) is 36.4 Å². The number of hydrogen-bond donors (Lipinski definition) is 3. The maximum Gasteiger partial charge on any atom is 0.251 e. The molecular formula is C24H20FN5O3S. The minimum absolute atomic E-state index is 0.151. The Morgan fingerprint density at radius 2 is 2.06 bits per heavy atom. The first-order valence-electron chi connectivity index (χ1n) is 10.5. The lowest BCUT2D eigenvalue weighted by atomic mass is 10.0. The summed E-state index contributed by atoms with van der Waals surface area (Å²) in [5.41, 5.74) is 2.75. The van der Waals surface area contributed by atoms with Gasteiger partial charge in [0.25, 0.3) is 5.91 Å². The number of benzene rings is 2. The standard InChI is InChI=1S/C24H20FN5O3S/c25-18-5-7-22(27-13-18)30-21-11-17(24(31)28-19-8-9-34(32,33)14-19)4-6-20(21)23(29-30)16-3-1-2-15(10-16)12-26/h1-7,10-11,13,19,32-33H,8-9,14H2,(H,28,31). The number of rotatable bonds is 4. The fraction of sp³-hybridized carbons (Fsp3) is 0.167. The van der Waals surface area contributed by atoms with Crippen molar-refractivity contribution in [3.63, 3.8) is 0 Å². The Labute approximate surface area is 196 Å². The van der Waals surface area contributed by atoms with Gasteiger partial charge in [0.2, 0.25) is 0 Å². The van der Waals surface area contributed by atoms with E-state index in [0.717, 1.165) is 17.1 Å². The first-order valence-corrected chi connectivity index (χ1v) is 12.4. The maximum atomic E-state index is 13.5. The molecule has 5 rings (SSSR count). The Bertz CT molecular complexity index is 1450. The monoisotopic (exact) mass is 477 g/mol. The zero-order valence-electron chi connectivity index (χ0n) is 17.8. The van der Waals surface area contributed by atoms with Crippen molar-refractivity contribution in [2.75, 3.05) is 11.5 Å². The maximum absolute atomic E-state index is 13.5. The summed E-state index contributed by atoms with van der Waals surface area (Å²) < 4.78 is 34.7. The highest BCUT2D eigenvalue weighted by Crippen LogP contribution is 2.45. The fourth-order valence-electron chi connectivity index (χ4n) is 4.08. The second kappa shape index (κ2) is 8.53. The highest BCUT2D eigenvalue weighted by molar-refractivity contribution is 8.24. The molecule has 172 valence electrons. The van der Waals surface area contributed by atoms with Crippen LogP contribution < -0.4 is 5.32 Å².